The van der Waals surface area contributed by atoms with Gasteiger partial charge >= 0.3 is 0 Å². The number of hydrazone groups is 1. The zero-order chi connectivity index (χ0) is 16.2. The first-order valence-electron chi connectivity index (χ1n) is 6.49. The standard InChI is InChI=1S/C15H17N3O3S/c1-18(2)14-7-3-12(4-8-14)11-16-17-13-5-9-15(10-6-13)22(19,20)21/h3-11,17H,1-2H3,(H,19,20,21)/p-1/b16-11+. The van der Waals surface area contributed by atoms with Gasteiger partial charge in [0.25, 0.3) is 0 Å². The molecule has 116 valence electrons. The average Bonchev–Trinajstić information content (AvgIpc) is 2.47. The molecule has 0 saturated heterocycles. The molecular weight excluding hydrogens is 302 g/mol. The van der Waals surface area contributed by atoms with Gasteiger partial charge in [-0.3, -0.25) is 5.43 Å². The lowest BCUT2D eigenvalue weighted by Crippen LogP contribution is -2.08. The van der Waals surface area contributed by atoms with Crippen LogP contribution in [0.4, 0.5) is 11.4 Å². The second-order valence-corrected chi connectivity index (χ2v) is 6.21. The van der Waals surface area contributed by atoms with E-state index in [4.69, 9.17) is 0 Å². The van der Waals surface area contributed by atoms with E-state index in [1.54, 1.807) is 6.21 Å². The number of nitrogens with zero attached hydrogens (tertiary/aromatic N) is 2. The Hall–Kier alpha value is -2.38. The minimum Gasteiger partial charge on any atom is -0.744 e. The van der Waals surface area contributed by atoms with Gasteiger partial charge in [0.15, 0.2) is 0 Å². The first-order valence-corrected chi connectivity index (χ1v) is 7.89. The third-order valence-corrected chi connectivity index (χ3v) is 3.81. The highest BCUT2D eigenvalue weighted by Crippen LogP contribution is 2.14. The number of hydrogen-bond donors (Lipinski definition) is 1. The van der Waals surface area contributed by atoms with Crippen LogP contribution < -0.4 is 10.3 Å². The summed E-state index contributed by atoms with van der Waals surface area (Å²) >= 11 is 0. The first-order chi connectivity index (χ1) is 10.4. The van der Waals surface area contributed by atoms with Crippen molar-refractivity contribution >= 4 is 27.7 Å². The highest BCUT2D eigenvalue weighted by Gasteiger charge is 2.00. The molecule has 1 N–H and O–H groups in total. The molecule has 22 heavy (non-hydrogen) atoms. The molecule has 0 radical (unpaired) electrons. The van der Waals surface area contributed by atoms with Crippen molar-refractivity contribution in [1.82, 2.24) is 0 Å². The Morgan fingerprint density at radius 2 is 1.64 bits per heavy atom. The molecule has 6 nitrogen and oxygen atoms in total. The molecule has 0 heterocycles. The predicted molar refractivity (Wildman–Crippen MR) is 86.4 cm³/mol. The lowest BCUT2D eigenvalue weighted by molar-refractivity contribution is 0.463. The van der Waals surface area contributed by atoms with Crippen molar-refractivity contribution in [3.05, 3.63) is 54.1 Å². The summed E-state index contributed by atoms with van der Waals surface area (Å²) in [6.45, 7) is 0. The van der Waals surface area contributed by atoms with Gasteiger partial charge in [0, 0.05) is 19.8 Å². The molecule has 0 fully saturated rings. The van der Waals surface area contributed by atoms with Gasteiger partial charge < -0.3 is 9.45 Å². The first kappa shape index (κ1) is 16.0. The van der Waals surface area contributed by atoms with Crippen LogP contribution in [0, 0.1) is 0 Å². The Morgan fingerprint density at radius 3 is 2.14 bits per heavy atom. The Kier molecular flexibility index (Phi) is 4.79. The summed E-state index contributed by atoms with van der Waals surface area (Å²) in [5.41, 5.74) is 5.39. The average molecular weight is 318 g/mol. The summed E-state index contributed by atoms with van der Waals surface area (Å²) in [6, 6.07) is 13.3. The molecule has 0 spiro atoms. The molecular formula is C15H16N3O3S-. The Bertz CT molecular complexity index is 752. The SMILES string of the molecule is CN(C)c1ccc(/C=N/Nc2ccc(S(=O)(=O)[O-])cc2)cc1. The molecule has 0 saturated carbocycles. The molecule has 0 amide bonds. The van der Waals surface area contributed by atoms with Crippen LogP contribution in [-0.2, 0) is 10.1 Å². The molecule has 2 aromatic rings. The van der Waals surface area contributed by atoms with E-state index in [1.165, 1.54) is 24.3 Å². The highest BCUT2D eigenvalue weighted by atomic mass is 32.2. The molecule has 2 rings (SSSR count). The Morgan fingerprint density at radius 1 is 1.05 bits per heavy atom. The predicted octanol–water partition coefficient (Wildman–Crippen LogP) is 2.10. The molecule has 0 aromatic heterocycles. The van der Waals surface area contributed by atoms with Gasteiger partial charge in [0.1, 0.15) is 10.1 Å². The molecule has 2 aromatic carbocycles. The number of nitrogens with one attached hydrogen (secondary N) is 1. The van der Waals surface area contributed by atoms with Crippen LogP contribution in [0.2, 0.25) is 0 Å². The van der Waals surface area contributed by atoms with Crippen LogP contribution in [0.1, 0.15) is 5.56 Å². The van der Waals surface area contributed by atoms with E-state index in [1.807, 2.05) is 43.3 Å². The smallest absolute Gasteiger partial charge is 0.124 e. The van der Waals surface area contributed by atoms with Crippen molar-refractivity contribution in [3.63, 3.8) is 0 Å². The maximum absolute atomic E-state index is 10.8. The third kappa shape index (κ3) is 4.31. The number of hydrogen-bond acceptors (Lipinski definition) is 6. The van der Waals surface area contributed by atoms with Crippen molar-refractivity contribution in [2.75, 3.05) is 24.4 Å². The van der Waals surface area contributed by atoms with Crippen LogP contribution in [0.5, 0.6) is 0 Å². The summed E-state index contributed by atoms with van der Waals surface area (Å²) in [5, 5.41) is 4.06. The molecule has 0 aliphatic rings. The fourth-order valence-electron chi connectivity index (χ4n) is 1.74. The van der Waals surface area contributed by atoms with Crippen LogP contribution in [-0.4, -0.2) is 33.3 Å². The zero-order valence-electron chi connectivity index (χ0n) is 12.2. The second kappa shape index (κ2) is 6.59. The minimum absolute atomic E-state index is 0.263. The molecule has 0 bridgehead atoms. The monoisotopic (exact) mass is 318 g/mol. The number of benzene rings is 2. The van der Waals surface area contributed by atoms with E-state index >= 15 is 0 Å². The summed E-state index contributed by atoms with van der Waals surface area (Å²) in [6.07, 6.45) is 1.65. The van der Waals surface area contributed by atoms with Crippen molar-refractivity contribution in [2.45, 2.75) is 4.90 Å². The Labute approximate surface area is 129 Å². The van der Waals surface area contributed by atoms with Gasteiger partial charge in [-0.15, -0.1) is 0 Å². The molecule has 0 aliphatic heterocycles. The Balaban J connectivity index is 2.00. The van der Waals surface area contributed by atoms with Gasteiger partial charge in [-0.05, 0) is 42.0 Å². The van der Waals surface area contributed by atoms with E-state index in [0.29, 0.717) is 5.69 Å². The van der Waals surface area contributed by atoms with Gasteiger partial charge in [-0.1, -0.05) is 12.1 Å². The molecule has 0 atom stereocenters. The van der Waals surface area contributed by atoms with E-state index < -0.39 is 10.1 Å². The summed E-state index contributed by atoms with van der Waals surface area (Å²) in [5.74, 6) is 0. The van der Waals surface area contributed by atoms with Crippen LogP contribution in [0.25, 0.3) is 0 Å². The lowest BCUT2D eigenvalue weighted by atomic mass is 10.2. The van der Waals surface area contributed by atoms with E-state index in [0.717, 1.165) is 11.3 Å². The van der Waals surface area contributed by atoms with Crippen LogP contribution >= 0.6 is 0 Å². The maximum Gasteiger partial charge on any atom is 0.124 e. The number of anilines is 2. The maximum atomic E-state index is 10.8. The topological polar surface area (TPSA) is 84.8 Å². The summed E-state index contributed by atoms with van der Waals surface area (Å²) in [7, 11) is -0.477. The van der Waals surface area contributed by atoms with Gasteiger partial charge in [0.2, 0.25) is 0 Å². The van der Waals surface area contributed by atoms with E-state index in [-0.39, 0.29) is 4.90 Å². The van der Waals surface area contributed by atoms with E-state index in [2.05, 4.69) is 10.5 Å². The van der Waals surface area contributed by atoms with Crippen LogP contribution in [0.3, 0.4) is 0 Å². The molecule has 0 aliphatic carbocycles. The largest absolute Gasteiger partial charge is 0.744 e. The van der Waals surface area contributed by atoms with Crippen molar-refractivity contribution < 1.29 is 13.0 Å². The fraction of sp³-hybridized carbons (Fsp3) is 0.133. The zero-order valence-corrected chi connectivity index (χ0v) is 13.0. The van der Waals surface area contributed by atoms with Gasteiger partial charge in [0.05, 0.1) is 16.8 Å². The van der Waals surface area contributed by atoms with Crippen molar-refractivity contribution in [2.24, 2.45) is 5.10 Å². The summed E-state index contributed by atoms with van der Waals surface area (Å²) in [4.78, 5) is 1.74. The van der Waals surface area contributed by atoms with Crippen LogP contribution in [0.15, 0.2) is 58.5 Å². The molecule has 0 unspecified atom stereocenters. The third-order valence-electron chi connectivity index (χ3n) is 2.96. The minimum atomic E-state index is -4.41. The van der Waals surface area contributed by atoms with Gasteiger partial charge in [-0.2, -0.15) is 5.10 Å². The van der Waals surface area contributed by atoms with Gasteiger partial charge in [-0.25, -0.2) is 8.42 Å². The quantitative estimate of drug-likeness (QED) is 0.518. The fourth-order valence-corrected chi connectivity index (χ4v) is 2.21. The second-order valence-electron chi connectivity index (χ2n) is 4.83. The van der Waals surface area contributed by atoms with E-state index in [9.17, 15) is 13.0 Å². The van der Waals surface area contributed by atoms with Crippen molar-refractivity contribution in [3.8, 4) is 0 Å². The van der Waals surface area contributed by atoms with Crippen molar-refractivity contribution in [1.29, 1.82) is 0 Å². The number of rotatable bonds is 5. The normalized spacial score (nSPS) is 11.6. The summed E-state index contributed by atoms with van der Waals surface area (Å²) < 4.78 is 32.4. The highest BCUT2D eigenvalue weighted by molar-refractivity contribution is 7.85. The molecule has 7 heteroatoms. The lowest BCUT2D eigenvalue weighted by Gasteiger charge is -2.11.